The molecule has 0 unspecified atom stereocenters. The number of hydrogen-bond donors (Lipinski definition) is 1. The topological polar surface area (TPSA) is 72.0 Å². The molecule has 0 aliphatic carbocycles. The van der Waals surface area contributed by atoms with Crippen LogP contribution in [-0.4, -0.2) is 21.7 Å². The van der Waals surface area contributed by atoms with E-state index in [2.05, 4.69) is 15.3 Å². The number of carbonyl (C=O) groups excluding carboxylic acids is 2. The maximum absolute atomic E-state index is 12.6. The quantitative estimate of drug-likeness (QED) is 0.705. The monoisotopic (exact) mass is 357 g/mol. The van der Waals surface area contributed by atoms with Gasteiger partial charge in [-0.2, -0.15) is 0 Å². The summed E-state index contributed by atoms with van der Waals surface area (Å²) in [5.41, 5.74) is 1.95. The van der Waals surface area contributed by atoms with E-state index < -0.39 is 0 Å². The number of hydrogen-bond acceptors (Lipinski definition) is 6. The third kappa shape index (κ3) is 3.27. The molecule has 24 heavy (non-hydrogen) atoms. The SMILES string of the molecule is CC(=O)c1sc(NC(=O)c2nc(C)sc2-c2ccccc2)nc1C. The fourth-order valence-electron chi connectivity index (χ4n) is 2.30. The van der Waals surface area contributed by atoms with Gasteiger partial charge in [0.1, 0.15) is 5.69 Å². The zero-order chi connectivity index (χ0) is 17.3. The molecule has 0 spiro atoms. The maximum atomic E-state index is 12.6. The Kier molecular flexibility index (Phi) is 4.55. The molecule has 3 aromatic rings. The highest BCUT2D eigenvalue weighted by atomic mass is 32.1. The Hall–Kier alpha value is -2.38. The minimum atomic E-state index is -0.318. The number of nitrogens with one attached hydrogen (secondary N) is 1. The summed E-state index contributed by atoms with van der Waals surface area (Å²) in [4.78, 5) is 34.1. The smallest absolute Gasteiger partial charge is 0.277 e. The molecule has 0 aliphatic heterocycles. The number of Topliss-reactive ketones (excluding diaryl/α,β-unsaturated/α-hetero) is 1. The molecule has 3 rings (SSSR count). The van der Waals surface area contributed by atoms with E-state index in [0.717, 1.165) is 15.4 Å². The number of thiazole rings is 2. The van der Waals surface area contributed by atoms with E-state index in [0.29, 0.717) is 21.4 Å². The highest BCUT2D eigenvalue weighted by Crippen LogP contribution is 2.31. The molecule has 7 heteroatoms. The second-order valence-corrected chi connectivity index (χ2v) is 7.42. The first kappa shape index (κ1) is 16.5. The van der Waals surface area contributed by atoms with E-state index in [1.165, 1.54) is 29.6 Å². The van der Waals surface area contributed by atoms with Gasteiger partial charge in [0.2, 0.25) is 0 Å². The van der Waals surface area contributed by atoms with E-state index in [1.54, 1.807) is 6.92 Å². The van der Waals surface area contributed by atoms with Crippen LogP contribution in [0.15, 0.2) is 30.3 Å². The predicted molar refractivity (Wildman–Crippen MR) is 97.1 cm³/mol. The summed E-state index contributed by atoms with van der Waals surface area (Å²) in [6.45, 7) is 5.12. The molecule has 0 bridgehead atoms. The first-order valence-corrected chi connectivity index (χ1v) is 8.91. The van der Waals surface area contributed by atoms with Crippen LogP contribution in [0, 0.1) is 13.8 Å². The van der Waals surface area contributed by atoms with E-state index in [4.69, 9.17) is 0 Å². The lowest BCUT2D eigenvalue weighted by molar-refractivity contribution is 0.101. The number of benzene rings is 1. The second-order valence-electron chi connectivity index (χ2n) is 5.22. The lowest BCUT2D eigenvalue weighted by Gasteiger charge is -2.02. The molecule has 0 saturated heterocycles. The number of aromatic nitrogens is 2. The third-order valence-corrected chi connectivity index (χ3v) is 5.52. The Balaban J connectivity index is 1.91. The van der Waals surface area contributed by atoms with Crippen LogP contribution in [0.3, 0.4) is 0 Å². The molecule has 122 valence electrons. The van der Waals surface area contributed by atoms with Crippen LogP contribution in [0.4, 0.5) is 5.13 Å². The van der Waals surface area contributed by atoms with Crippen molar-refractivity contribution in [2.75, 3.05) is 5.32 Å². The van der Waals surface area contributed by atoms with Crippen molar-refractivity contribution in [3.63, 3.8) is 0 Å². The Morgan fingerprint density at radius 1 is 1.04 bits per heavy atom. The van der Waals surface area contributed by atoms with Crippen molar-refractivity contribution in [2.45, 2.75) is 20.8 Å². The summed E-state index contributed by atoms with van der Waals surface area (Å²) >= 11 is 2.66. The zero-order valence-corrected chi connectivity index (χ0v) is 15.0. The van der Waals surface area contributed by atoms with Crippen LogP contribution in [0.5, 0.6) is 0 Å². The normalized spacial score (nSPS) is 10.6. The van der Waals surface area contributed by atoms with E-state index in [9.17, 15) is 9.59 Å². The van der Waals surface area contributed by atoms with E-state index in [1.807, 2.05) is 37.3 Å². The predicted octanol–water partition coefficient (Wildman–Crippen LogP) is 4.34. The third-order valence-electron chi connectivity index (χ3n) is 3.32. The maximum Gasteiger partial charge on any atom is 0.277 e. The van der Waals surface area contributed by atoms with E-state index >= 15 is 0 Å². The van der Waals surface area contributed by atoms with E-state index in [-0.39, 0.29) is 11.7 Å². The number of ketones is 1. The number of rotatable bonds is 4. The minimum Gasteiger partial charge on any atom is -0.296 e. The largest absolute Gasteiger partial charge is 0.296 e. The van der Waals surface area contributed by atoms with Gasteiger partial charge in [0.15, 0.2) is 10.9 Å². The van der Waals surface area contributed by atoms with Gasteiger partial charge in [0.05, 0.1) is 20.5 Å². The van der Waals surface area contributed by atoms with Crippen LogP contribution < -0.4 is 5.32 Å². The number of anilines is 1. The van der Waals surface area contributed by atoms with Crippen LogP contribution in [0.25, 0.3) is 10.4 Å². The molecule has 0 atom stereocenters. The summed E-state index contributed by atoms with van der Waals surface area (Å²) in [6.07, 6.45) is 0. The van der Waals surface area contributed by atoms with Crippen LogP contribution in [-0.2, 0) is 0 Å². The van der Waals surface area contributed by atoms with Gasteiger partial charge < -0.3 is 0 Å². The van der Waals surface area contributed by atoms with Crippen molar-refractivity contribution in [2.24, 2.45) is 0 Å². The number of carbonyl (C=O) groups is 2. The van der Waals surface area contributed by atoms with Crippen molar-refractivity contribution in [3.8, 4) is 10.4 Å². The number of aryl methyl sites for hydroxylation is 2. The van der Waals surface area contributed by atoms with Crippen LogP contribution >= 0.6 is 22.7 Å². The summed E-state index contributed by atoms with van der Waals surface area (Å²) in [5.74, 6) is -0.373. The fraction of sp³-hybridized carbons (Fsp3) is 0.176. The standard InChI is InChI=1S/C17H15N3O2S2/c1-9-14(10(2)21)24-17(18-9)20-16(22)13-15(23-11(3)19-13)12-7-5-4-6-8-12/h4-8H,1-3H3,(H,18,20,22). The Labute approximate surface area is 147 Å². The molecule has 0 fully saturated rings. The van der Waals surface area contributed by atoms with Gasteiger partial charge in [0.25, 0.3) is 5.91 Å². The Bertz CT molecular complexity index is 913. The van der Waals surface area contributed by atoms with Crippen molar-refractivity contribution >= 4 is 39.5 Å². The fourth-order valence-corrected chi connectivity index (χ4v) is 4.08. The molecular weight excluding hydrogens is 342 g/mol. The highest BCUT2D eigenvalue weighted by molar-refractivity contribution is 7.18. The molecule has 2 heterocycles. The average molecular weight is 357 g/mol. The summed E-state index contributed by atoms with van der Waals surface area (Å²) < 4.78 is 0. The number of nitrogens with zero attached hydrogens (tertiary/aromatic N) is 2. The Morgan fingerprint density at radius 2 is 1.75 bits per heavy atom. The van der Waals surface area contributed by atoms with Gasteiger partial charge in [-0.15, -0.1) is 11.3 Å². The molecule has 0 saturated carbocycles. The molecular formula is C17H15N3O2S2. The second kappa shape index (κ2) is 6.62. The Morgan fingerprint density at radius 3 is 2.38 bits per heavy atom. The molecule has 5 nitrogen and oxygen atoms in total. The highest BCUT2D eigenvalue weighted by Gasteiger charge is 2.20. The van der Waals surface area contributed by atoms with Gasteiger partial charge in [-0.1, -0.05) is 41.7 Å². The summed E-state index contributed by atoms with van der Waals surface area (Å²) in [6, 6.07) is 9.68. The van der Waals surface area contributed by atoms with Crippen LogP contribution in [0.2, 0.25) is 0 Å². The lowest BCUT2D eigenvalue weighted by atomic mass is 10.1. The van der Waals surface area contributed by atoms with Crippen molar-refractivity contribution in [1.82, 2.24) is 9.97 Å². The average Bonchev–Trinajstić information content (AvgIpc) is 3.11. The zero-order valence-electron chi connectivity index (χ0n) is 13.4. The van der Waals surface area contributed by atoms with Crippen LogP contribution in [0.1, 0.15) is 37.8 Å². The van der Waals surface area contributed by atoms with Gasteiger partial charge in [0, 0.05) is 6.92 Å². The van der Waals surface area contributed by atoms with Gasteiger partial charge in [-0.05, 0) is 19.4 Å². The van der Waals surface area contributed by atoms with Crippen molar-refractivity contribution in [1.29, 1.82) is 0 Å². The van der Waals surface area contributed by atoms with Gasteiger partial charge in [-0.25, -0.2) is 9.97 Å². The minimum absolute atomic E-state index is 0.0556. The van der Waals surface area contributed by atoms with Crippen molar-refractivity contribution < 1.29 is 9.59 Å². The molecule has 0 aliphatic rings. The molecule has 1 N–H and O–H groups in total. The molecule has 1 amide bonds. The van der Waals surface area contributed by atoms with Crippen molar-refractivity contribution in [3.05, 3.63) is 51.6 Å². The number of amides is 1. The molecule has 2 aromatic heterocycles. The first-order chi connectivity index (χ1) is 11.5. The summed E-state index contributed by atoms with van der Waals surface area (Å²) in [7, 11) is 0. The van der Waals surface area contributed by atoms with Gasteiger partial charge in [-0.3, -0.25) is 14.9 Å². The van der Waals surface area contributed by atoms with Gasteiger partial charge >= 0.3 is 0 Å². The molecule has 0 radical (unpaired) electrons. The first-order valence-electron chi connectivity index (χ1n) is 7.28. The molecule has 1 aromatic carbocycles. The summed E-state index contributed by atoms with van der Waals surface area (Å²) in [5, 5.41) is 3.99. The lowest BCUT2D eigenvalue weighted by Crippen LogP contribution is -2.13.